The van der Waals surface area contributed by atoms with Crippen molar-refractivity contribution in [3.05, 3.63) is 34.9 Å². The molecule has 0 radical (unpaired) electrons. The van der Waals surface area contributed by atoms with E-state index in [4.69, 9.17) is 16.3 Å². The number of morpholine rings is 1. The van der Waals surface area contributed by atoms with Crippen LogP contribution in [-0.4, -0.2) is 19.8 Å². The Balaban J connectivity index is 0.000000980. The van der Waals surface area contributed by atoms with Crippen LogP contribution in [0.3, 0.4) is 0 Å². The van der Waals surface area contributed by atoms with Gasteiger partial charge < -0.3 is 10.1 Å². The minimum absolute atomic E-state index is 0. The number of hydrogen-bond donors (Lipinski definition) is 1. The lowest BCUT2D eigenvalue weighted by molar-refractivity contribution is 0.0769. The second-order valence-electron chi connectivity index (χ2n) is 3.14. The highest BCUT2D eigenvalue weighted by atomic mass is 35.5. The molecule has 1 aliphatic rings. The lowest BCUT2D eigenvalue weighted by Gasteiger charge is -2.24. The van der Waals surface area contributed by atoms with E-state index in [1.54, 1.807) is 0 Å². The van der Waals surface area contributed by atoms with Crippen molar-refractivity contribution in [3.8, 4) is 0 Å². The van der Waals surface area contributed by atoms with Gasteiger partial charge in [-0.05, 0) is 17.7 Å². The molecule has 1 heterocycles. The summed E-state index contributed by atoms with van der Waals surface area (Å²) < 4.78 is 5.37. The Morgan fingerprint density at radius 2 is 2.29 bits per heavy atom. The van der Waals surface area contributed by atoms with Crippen LogP contribution in [0.15, 0.2) is 24.3 Å². The first-order chi connectivity index (χ1) is 6.36. The van der Waals surface area contributed by atoms with Crippen molar-refractivity contribution >= 4 is 24.0 Å². The van der Waals surface area contributed by atoms with Crippen LogP contribution in [0.1, 0.15) is 11.6 Å². The van der Waals surface area contributed by atoms with E-state index >= 15 is 0 Å². The third-order valence-corrected chi connectivity index (χ3v) is 2.41. The van der Waals surface area contributed by atoms with Crippen LogP contribution in [0, 0.1) is 0 Å². The minimum atomic E-state index is 0. The van der Waals surface area contributed by atoms with E-state index in [9.17, 15) is 0 Å². The summed E-state index contributed by atoms with van der Waals surface area (Å²) in [4.78, 5) is 0. The largest absolute Gasteiger partial charge is 0.378 e. The predicted molar refractivity (Wildman–Crippen MR) is 60.3 cm³/mol. The summed E-state index contributed by atoms with van der Waals surface area (Å²) in [5.41, 5.74) is 1.20. The molecular weight excluding hydrogens is 221 g/mol. The standard InChI is InChI=1S/C10H12ClNO.ClH/c11-9-3-1-2-8(6-9)10-7-13-5-4-12-10;/h1-3,6,10,12H,4-5,7H2;1H/t10-;/m1./s1. The van der Waals surface area contributed by atoms with E-state index in [2.05, 4.69) is 11.4 Å². The topological polar surface area (TPSA) is 21.3 Å². The van der Waals surface area contributed by atoms with Gasteiger partial charge in [0.2, 0.25) is 0 Å². The van der Waals surface area contributed by atoms with Gasteiger partial charge in [0, 0.05) is 11.6 Å². The molecule has 14 heavy (non-hydrogen) atoms. The first-order valence-electron chi connectivity index (χ1n) is 4.43. The van der Waals surface area contributed by atoms with Gasteiger partial charge in [-0.1, -0.05) is 23.7 Å². The van der Waals surface area contributed by atoms with Crippen LogP contribution in [0.4, 0.5) is 0 Å². The fourth-order valence-corrected chi connectivity index (χ4v) is 1.70. The summed E-state index contributed by atoms with van der Waals surface area (Å²) in [7, 11) is 0. The molecule has 1 atom stereocenters. The van der Waals surface area contributed by atoms with Gasteiger partial charge >= 0.3 is 0 Å². The van der Waals surface area contributed by atoms with Crippen molar-refractivity contribution in [2.45, 2.75) is 6.04 Å². The average molecular weight is 234 g/mol. The minimum Gasteiger partial charge on any atom is -0.378 e. The highest BCUT2D eigenvalue weighted by Crippen LogP contribution is 2.19. The van der Waals surface area contributed by atoms with Gasteiger partial charge in [0.1, 0.15) is 0 Å². The van der Waals surface area contributed by atoms with E-state index in [0.717, 1.165) is 24.8 Å². The van der Waals surface area contributed by atoms with Crippen LogP contribution < -0.4 is 5.32 Å². The van der Waals surface area contributed by atoms with Gasteiger partial charge in [-0.25, -0.2) is 0 Å². The monoisotopic (exact) mass is 233 g/mol. The smallest absolute Gasteiger partial charge is 0.0662 e. The van der Waals surface area contributed by atoms with E-state index < -0.39 is 0 Å². The van der Waals surface area contributed by atoms with Crippen LogP contribution in [0.5, 0.6) is 0 Å². The van der Waals surface area contributed by atoms with Gasteiger partial charge in [-0.15, -0.1) is 12.4 Å². The van der Waals surface area contributed by atoms with Crippen LogP contribution in [0.2, 0.25) is 5.02 Å². The lowest BCUT2D eigenvalue weighted by atomic mass is 10.1. The van der Waals surface area contributed by atoms with Gasteiger partial charge in [-0.2, -0.15) is 0 Å². The second kappa shape index (κ2) is 5.56. The summed E-state index contributed by atoms with van der Waals surface area (Å²) in [5.74, 6) is 0. The molecule has 1 aromatic carbocycles. The van der Waals surface area contributed by atoms with Crippen LogP contribution in [-0.2, 0) is 4.74 Å². The molecule has 1 saturated heterocycles. The van der Waals surface area contributed by atoms with E-state index in [-0.39, 0.29) is 12.4 Å². The highest BCUT2D eigenvalue weighted by molar-refractivity contribution is 6.30. The zero-order valence-corrected chi connectivity index (χ0v) is 9.27. The Bertz CT molecular complexity index is 287. The fourth-order valence-electron chi connectivity index (χ4n) is 1.50. The Hall–Kier alpha value is -0.280. The molecule has 0 bridgehead atoms. The summed E-state index contributed by atoms with van der Waals surface area (Å²) in [6.07, 6.45) is 0. The van der Waals surface area contributed by atoms with Crippen molar-refractivity contribution < 1.29 is 4.74 Å². The van der Waals surface area contributed by atoms with Crippen molar-refractivity contribution in [1.29, 1.82) is 0 Å². The van der Waals surface area contributed by atoms with Gasteiger partial charge in [0.05, 0.1) is 19.3 Å². The van der Waals surface area contributed by atoms with Crippen molar-refractivity contribution in [2.24, 2.45) is 0 Å². The molecule has 1 N–H and O–H groups in total. The first kappa shape index (κ1) is 11.8. The molecule has 1 fully saturated rings. The Morgan fingerprint density at radius 3 is 2.93 bits per heavy atom. The van der Waals surface area contributed by atoms with Gasteiger partial charge in [-0.3, -0.25) is 0 Å². The summed E-state index contributed by atoms with van der Waals surface area (Å²) in [5, 5.41) is 4.16. The molecule has 2 rings (SSSR count). The van der Waals surface area contributed by atoms with Crippen LogP contribution >= 0.6 is 24.0 Å². The first-order valence-corrected chi connectivity index (χ1v) is 4.80. The van der Waals surface area contributed by atoms with Crippen molar-refractivity contribution in [2.75, 3.05) is 19.8 Å². The maximum atomic E-state index is 5.90. The number of benzene rings is 1. The molecule has 1 aromatic rings. The zero-order valence-electron chi connectivity index (χ0n) is 7.70. The number of halogens is 2. The highest BCUT2D eigenvalue weighted by Gasteiger charge is 2.14. The quantitative estimate of drug-likeness (QED) is 0.805. The molecule has 1 aliphatic heterocycles. The average Bonchev–Trinajstić information content (AvgIpc) is 2.19. The summed E-state index contributed by atoms with van der Waals surface area (Å²) in [6, 6.07) is 8.20. The Morgan fingerprint density at radius 1 is 1.43 bits per heavy atom. The zero-order chi connectivity index (χ0) is 9.10. The van der Waals surface area contributed by atoms with Crippen molar-refractivity contribution in [1.82, 2.24) is 5.32 Å². The van der Waals surface area contributed by atoms with Crippen molar-refractivity contribution in [3.63, 3.8) is 0 Å². The van der Waals surface area contributed by atoms with E-state index in [0.29, 0.717) is 6.04 Å². The Kier molecular flexibility index (Phi) is 4.69. The molecule has 0 aliphatic carbocycles. The molecule has 2 nitrogen and oxygen atoms in total. The molecule has 0 saturated carbocycles. The molecule has 0 unspecified atom stereocenters. The maximum absolute atomic E-state index is 5.90. The molecule has 0 aromatic heterocycles. The second-order valence-corrected chi connectivity index (χ2v) is 3.57. The van der Waals surface area contributed by atoms with E-state index in [1.807, 2.05) is 18.2 Å². The Labute approximate surface area is 95.0 Å². The molecular formula is C10H13Cl2NO. The maximum Gasteiger partial charge on any atom is 0.0662 e. The number of ether oxygens (including phenoxy) is 1. The van der Waals surface area contributed by atoms with E-state index in [1.165, 1.54) is 5.56 Å². The fraction of sp³-hybridized carbons (Fsp3) is 0.400. The summed E-state index contributed by atoms with van der Waals surface area (Å²) in [6.45, 7) is 2.45. The lowest BCUT2D eigenvalue weighted by Crippen LogP contribution is -2.34. The number of rotatable bonds is 1. The molecule has 78 valence electrons. The predicted octanol–water partition coefficient (Wildman–Crippen LogP) is 2.42. The number of nitrogens with one attached hydrogen (secondary N) is 1. The summed E-state index contributed by atoms with van der Waals surface area (Å²) >= 11 is 5.90. The third-order valence-electron chi connectivity index (χ3n) is 2.17. The van der Waals surface area contributed by atoms with Gasteiger partial charge in [0.15, 0.2) is 0 Å². The van der Waals surface area contributed by atoms with Gasteiger partial charge in [0.25, 0.3) is 0 Å². The molecule has 0 spiro atoms. The number of hydrogen-bond acceptors (Lipinski definition) is 2. The van der Waals surface area contributed by atoms with Crippen LogP contribution in [0.25, 0.3) is 0 Å². The molecule has 4 heteroatoms. The normalized spacial score (nSPS) is 21.4. The SMILES string of the molecule is Cl.Clc1cccc([C@H]2COCCN2)c1. The molecule has 0 amide bonds. The third kappa shape index (κ3) is 2.85.